The molecule has 1 aromatic rings. The van der Waals surface area contributed by atoms with Gasteiger partial charge in [0, 0.05) is 25.2 Å². The molecule has 1 fully saturated rings. The number of aromatic nitrogens is 3. The Balaban J connectivity index is 1.69. The highest BCUT2D eigenvalue weighted by Crippen LogP contribution is 2.25. The lowest BCUT2D eigenvalue weighted by Gasteiger charge is -2.38. The first-order chi connectivity index (χ1) is 9.88. The lowest BCUT2D eigenvalue weighted by atomic mass is 10.00. The van der Waals surface area contributed by atoms with Crippen molar-refractivity contribution in [2.75, 3.05) is 13.1 Å². The SMILES string of the molecule is CCCNC1CCCCCC1N1CCn2cnnc2C1. The second-order valence-electron chi connectivity index (χ2n) is 6.18. The molecule has 1 aliphatic carbocycles. The fraction of sp³-hybridized carbons (Fsp3) is 0.867. The molecular weight excluding hydrogens is 250 g/mol. The third-order valence-corrected chi connectivity index (χ3v) is 4.77. The first-order valence-electron chi connectivity index (χ1n) is 8.22. The Bertz CT molecular complexity index is 416. The Kier molecular flexibility index (Phi) is 4.68. The van der Waals surface area contributed by atoms with Gasteiger partial charge in [-0.2, -0.15) is 0 Å². The predicted molar refractivity (Wildman–Crippen MR) is 79.4 cm³/mol. The largest absolute Gasteiger partial charge is 0.315 e. The van der Waals surface area contributed by atoms with Gasteiger partial charge in [0.2, 0.25) is 0 Å². The van der Waals surface area contributed by atoms with Gasteiger partial charge in [-0.15, -0.1) is 10.2 Å². The molecule has 0 amide bonds. The highest BCUT2D eigenvalue weighted by molar-refractivity contribution is 4.95. The number of rotatable bonds is 4. The van der Waals surface area contributed by atoms with Crippen molar-refractivity contribution >= 4 is 0 Å². The molecule has 2 unspecified atom stereocenters. The summed E-state index contributed by atoms with van der Waals surface area (Å²) >= 11 is 0. The molecular formula is C15H27N5. The van der Waals surface area contributed by atoms with Crippen molar-refractivity contribution < 1.29 is 0 Å². The van der Waals surface area contributed by atoms with Gasteiger partial charge in [-0.3, -0.25) is 4.90 Å². The summed E-state index contributed by atoms with van der Waals surface area (Å²) in [4.78, 5) is 2.64. The van der Waals surface area contributed by atoms with E-state index in [-0.39, 0.29) is 0 Å². The van der Waals surface area contributed by atoms with Crippen LogP contribution in [0.4, 0.5) is 0 Å². The third kappa shape index (κ3) is 3.04. The van der Waals surface area contributed by atoms with Crippen LogP contribution in [-0.2, 0) is 13.1 Å². The summed E-state index contributed by atoms with van der Waals surface area (Å²) < 4.78 is 2.20. The first-order valence-corrected chi connectivity index (χ1v) is 8.22. The van der Waals surface area contributed by atoms with Crippen molar-refractivity contribution in [3.05, 3.63) is 12.2 Å². The van der Waals surface area contributed by atoms with E-state index in [1.165, 1.54) is 38.5 Å². The molecule has 0 aromatic carbocycles. The van der Waals surface area contributed by atoms with Crippen molar-refractivity contribution in [1.29, 1.82) is 0 Å². The Labute approximate surface area is 121 Å². The summed E-state index contributed by atoms with van der Waals surface area (Å²) in [6, 6.07) is 1.33. The first kappa shape index (κ1) is 14.0. The molecule has 0 saturated heterocycles. The topological polar surface area (TPSA) is 46.0 Å². The molecule has 5 nitrogen and oxygen atoms in total. The van der Waals surface area contributed by atoms with E-state index in [1.807, 2.05) is 6.33 Å². The van der Waals surface area contributed by atoms with Crippen LogP contribution in [-0.4, -0.2) is 44.8 Å². The van der Waals surface area contributed by atoms with Gasteiger partial charge in [0.1, 0.15) is 12.2 Å². The van der Waals surface area contributed by atoms with Gasteiger partial charge in [-0.25, -0.2) is 0 Å². The molecule has 1 aliphatic heterocycles. The van der Waals surface area contributed by atoms with Crippen molar-refractivity contribution in [3.63, 3.8) is 0 Å². The Morgan fingerprint density at radius 1 is 1.25 bits per heavy atom. The molecule has 3 rings (SSSR count). The van der Waals surface area contributed by atoms with E-state index in [4.69, 9.17) is 0 Å². The quantitative estimate of drug-likeness (QED) is 0.852. The van der Waals surface area contributed by atoms with Crippen LogP contribution in [0.1, 0.15) is 51.3 Å². The van der Waals surface area contributed by atoms with Crippen LogP contribution >= 0.6 is 0 Å². The maximum atomic E-state index is 4.26. The maximum absolute atomic E-state index is 4.26. The number of nitrogens with one attached hydrogen (secondary N) is 1. The van der Waals surface area contributed by atoms with Gasteiger partial charge in [-0.05, 0) is 25.8 Å². The van der Waals surface area contributed by atoms with E-state index < -0.39 is 0 Å². The van der Waals surface area contributed by atoms with Crippen molar-refractivity contribution in [2.45, 2.75) is 70.6 Å². The minimum Gasteiger partial charge on any atom is -0.315 e. The zero-order valence-corrected chi connectivity index (χ0v) is 12.6. The molecule has 0 radical (unpaired) electrons. The zero-order valence-electron chi connectivity index (χ0n) is 12.6. The van der Waals surface area contributed by atoms with Crippen LogP contribution in [0.25, 0.3) is 0 Å². The fourth-order valence-electron chi connectivity index (χ4n) is 3.66. The minimum absolute atomic E-state index is 0.659. The molecule has 2 heterocycles. The van der Waals surface area contributed by atoms with E-state index in [0.29, 0.717) is 12.1 Å². The lowest BCUT2D eigenvalue weighted by Crippen LogP contribution is -2.51. The molecule has 5 heteroatoms. The van der Waals surface area contributed by atoms with Gasteiger partial charge in [0.25, 0.3) is 0 Å². The zero-order chi connectivity index (χ0) is 13.8. The third-order valence-electron chi connectivity index (χ3n) is 4.77. The molecule has 1 N–H and O–H groups in total. The number of fused-ring (bicyclic) bond motifs is 1. The summed E-state index contributed by atoms with van der Waals surface area (Å²) in [5.74, 6) is 1.13. The van der Waals surface area contributed by atoms with Crippen LogP contribution in [0.5, 0.6) is 0 Å². The van der Waals surface area contributed by atoms with E-state index in [1.54, 1.807) is 0 Å². The number of hydrogen-bond acceptors (Lipinski definition) is 4. The molecule has 20 heavy (non-hydrogen) atoms. The van der Waals surface area contributed by atoms with Crippen LogP contribution in [0.3, 0.4) is 0 Å². The van der Waals surface area contributed by atoms with Crippen LogP contribution in [0, 0.1) is 0 Å². The smallest absolute Gasteiger partial charge is 0.147 e. The monoisotopic (exact) mass is 277 g/mol. The minimum atomic E-state index is 0.659. The average molecular weight is 277 g/mol. The molecule has 2 aliphatic rings. The van der Waals surface area contributed by atoms with E-state index in [9.17, 15) is 0 Å². The van der Waals surface area contributed by atoms with Crippen molar-refractivity contribution in [2.24, 2.45) is 0 Å². The molecule has 0 bridgehead atoms. The Morgan fingerprint density at radius 2 is 2.15 bits per heavy atom. The summed E-state index contributed by atoms with van der Waals surface area (Å²) in [5.41, 5.74) is 0. The highest BCUT2D eigenvalue weighted by atomic mass is 15.3. The second kappa shape index (κ2) is 6.68. The van der Waals surface area contributed by atoms with Crippen molar-refractivity contribution in [3.8, 4) is 0 Å². The van der Waals surface area contributed by atoms with Gasteiger partial charge < -0.3 is 9.88 Å². The molecule has 112 valence electrons. The number of hydrogen-bond donors (Lipinski definition) is 1. The molecule has 1 saturated carbocycles. The van der Waals surface area contributed by atoms with E-state index in [2.05, 4.69) is 31.9 Å². The van der Waals surface area contributed by atoms with Gasteiger partial charge in [0.05, 0.1) is 6.54 Å². The van der Waals surface area contributed by atoms with Gasteiger partial charge >= 0.3 is 0 Å². The molecule has 2 atom stereocenters. The molecule has 1 aromatic heterocycles. The van der Waals surface area contributed by atoms with Crippen LogP contribution in [0.2, 0.25) is 0 Å². The summed E-state index contributed by atoms with van der Waals surface area (Å²) in [5, 5.41) is 12.1. The average Bonchev–Trinajstić information content (AvgIpc) is 2.82. The molecule has 0 spiro atoms. The van der Waals surface area contributed by atoms with Gasteiger partial charge in [0.15, 0.2) is 0 Å². The summed E-state index contributed by atoms with van der Waals surface area (Å²) in [6.07, 6.45) is 9.89. The van der Waals surface area contributed by atoms with Crippen molar-refractivity contribution in [1.82, 2.24) is 25.0 Å². The maximum Gasteiger partial charge on any atom is 0.147 e. The number of nitrogens with zero attached hydrogens (tertiary/aromatic N) is 4. The standard InChI is InChI=1S/C15H27N5/c1-2-8-16-13-6-4-3-5-7-14(13)19-9-10-20-12-17-18-15(20)11-19/h12-14,16H,2-11H2,1H3. The van der Waals surface area contributed by atoms with Gasteiger partial charge in [-0.1, -0.05) is 26.2 Å². The Hall–Kier alpha value is -0.940. The summed E-state index contributed by atoms with van der Waals surface area (Å²) in [7, 11) is 0. The van der Waals surface area contributed by atoms with E-state index >= 15 is 0 Å². The highest BCUT2D eigenvalue weighted by Gasteiger charge is 2.31. The Morgan fingerprint density at radius 3 is 3.05 bits per heavy atom. The summed E-state index contributed by atoms with van der Waals surface area (Å²) in [6.45, 7) is 6.54. The van der Waals surface area contributed by atoms with E-state index in [0.717, 1.165) is 32.0 Å². The predicted octanol–water partition coefficient (Wildman–Crippen LogP) is 1.79. The normalized spacial score (nSPS) is 28.1. The second-order valence-corrected chi connectivity index (χ2v) is 6.18. The van der Waals surface area contributed by atoms with Crippen LogP contribution < -0.4 is 5.32 Å². The van der Waals surface area contributed by atoms with Crippen LogP contribution in [0.15, 0.2) is 6.33 Å². The fourth-order valence-corrected chi connectivity index (χ4v) is 3.66. The lowest BCUT2D eigenvalue weighted by molar-refractivity contribution is 0.114.